The summed E-state index contributed by atoms with van der Waals surface area (Å²) in [5, 5.41) is 11.2. The lowest BCUT2D eigenvalue weighted by atomic mass is 9.98. The number of aliphatic hydroxyl groups is 1. The monoisotopic (exact) mass is 259 g/mol. The van der Waals surface area contributed by atoms with Crippen molar-refractivity contribution in [3.05, 3.63) is 28.2 Å². The van der Waals surface area contributed by atoms with Crippen LogP contribution in [0.4, 0.5) is 5.69 Å². The van der Waals surface area contributed by atoms with Crippen molar-refractivity contribution < 1.29 is 5.11 Å². The third-order valence-corrected chi connectivity index (χ3v) is 3.88. The Morgan fingerprint density at radius 3 is 2.56 bits per heavy atom. The number of benzene rings is 1. The van der Waals surface area contributed by atoms with Crippen LogP contribution in [0.1, 0.15) is 20.3 Å². The van der Waals surface area contributed by atoms with E-state index in [0.717, 1.165) is 18.7 Å². The van der Waals surface area contributed by atoms with Gasteiger partial charge < -0.3 is 10.0 Å². The van der Waals surface area contributed by atoms with Gasteiger partial charge in [0.15, 0.2) is 0 Å². The third-order valence-electron chi connectivity index (χ3n) is 3.34. The second-order valence-electron chi connectivity index (χ2n) is 4.71. The van der Waals surface area contributed by atoms with E-state index in [0.29, 0.717) is 10.0 Å². The highest BCUT2D eigenvalue weighted by molar-refractivity contribution is 6.36. The maximum atomic E-state index is 9.92. The van der Waals surface area contributed by atoms with Gasteiger partial charge in [-0.15, -0.1) is 0 Å². The molecule has 1 heterocycles. The van der Waals surface area contributed by atoms with Gasteiger partial charge in [-0.2, -0.15) is 0 Å². The molecule has 0 amide bonds. The number of aliphatic hydroxyl groups excluding tert-OH is 1. The van der Waals surface area contributed by atoms with Crippen LogP contribution in [0.5, 0.6) is 0 Å². The summed E-state index contributed by atoms with van der Waals surface area (Å²) >= 11 is 12.0. The zero-order chi connectivity index (χ0) is 11.9. The van der Waals surface area contributed by atoms with E-state index in [1.165, 1.54) is 0 Å². The minimum Gasteiger partial charge on any atom is -0.391 e. The van der Waals surface area contributed by atoms with Gasteiger partial charge >= 0.3 is 0 Å². The Morgan fingerprint density at radius 2 is 2.06 bits per heavy atom. The van der Waals surface area contributed by atoms with Crippen molar-refractivity contribution in [2.24, 2.45) is 0 Å². The van der Waals surface area contributed by atoms with Gasteiger partial charge in [0.05, 0.1) is 22.4 Å². The second-order valence-corrected chi connectivity index (χ2v) is 5.55. The summed E-state index contributed by atoms with van der Waals surface area (Å²) in [6.07, 6.45) is 0.450. The maximum absolute atomic E-state index is 9.92. The van der Waals surface area contributed by atoms with Gasteiger partial charge in [-0.05, 0) is 38.5 Å². The van der Waals surface area contributed by atoms with E-state index in [9.17, 15) is 5.11 Å². The first-order valence-electron chi connectivity index (χ1n) is 5.33. The first-order valence-corrected chi connectivity index (χ1v) is 6.09. The molecule has 1 aromatic carbocycles. The SMILES string of the molecule is CC1(C)C(O)CCN1c1ccc(Cl)cc1Cl. The van der Waals surface area contributed by atoms with Gasteiger partial charge in [-0.25, -0.2) is 0 Å². The Morgan fingerprint density at radius 1 is 1.38 bits per heavy atom. The lowest BCUT2D eigenvalue weighted by Gasteiger charge is -2.36. The summed E-state index contributed by atoms with van der Waals surface area (Å²) in [6, 6.07) is 5.47. The molecule has 0 aliphatic carbocycles. The molecule has 2 nitrogen and oxygen atoms in total. The Labute approximate surface area is 106 Å². The Hall–Kier alpha value is -0.440. The molecule has 1 N–H and O–H groups in total. The van der Waals surface area contributed by atoms with Crippen molar-refractivity contribution in [2.45, 2.75) is 31.9 Å². The van der Waals surface area contributed by atoms with Crippen molar-refractivity contribution in [1.29, 1.82) is 0 Å². The predicted molar refractivity (Wildman–Crippen MR) is 68.5 cm³/mol. The lowest BCUT2D eigenvalue weighted by Crippen LogP contribution is -2.45. The molecule has 4 heteroatoms. The quantitative estimate of drug-likeness (QED) is 0.837. The molecule has 1 unspecified atom stereocenters. The van der Waals surface area contributed by atoms with Crippen LogP contribution in [0, 0.1) is 0 Å². The average Bonchev–Trinajstić information content (AvgIpc) is 2.44. The van der Waals surface area contributed by atoms with Crippen LogP contribution in [0.25, 0.3) is 0 Å². The first kappa shape index (κ1) is 12.0. The van der Waals surface area contributed by atoms with E-state index in [-0.39, 0.29) is 11.6 Å². The molecule has 16 heavy (non-hydrogen) atoms. The molecule has 0 radical (unpaired) electrons. The van der Waals surface area contributed by atoms with Crippen LogP contribution in [0.2, 0.25) is 10.0 Å². The highest BCUT2D eigenvalue weighted by atomic mass is 35.5. The van der Waals surface area contributed by atoms with Crippen molar-refractivity contribution >= 4 is 28.9 Å². The van der Waals surface area contributed by atoms with Gasteiger partial charge in [0.1, 0.15) is 0 Å². The highest BCUT2D eigenvalue weighted by Gasteiger charge is 2.40. The average molecular weight is 260 g/mol. The van der Waals surface area contributed by atoms with Gasteiger partial charge in [0, 0.05) is 11.6 Å². The molecule has 0 aromatic heterocycles. The molecule has 1 aromatic rings. The minimum absolute atomic E-state index is 0.280. The fourth-order valence-electron chi connectivity index (χ4n) is 2.20. The largest absolute Gasteiger partial charge is 0.391 e. The standard InChI is InChI=1S/C12H15Cl2NO/c1-12(2)11(16)5-6-15(12)10-4-3-8(13)7-9(10)14/h3-4,7,11,16H,5-6H2,1-2H3. The van der Waals surface area contributed by atoms with Crippen molar-refractivity contribution in [3.63, 3.8) is 0 Å². The molecule has 88 valence electrons. The molecular formula is C12H15Cl2NO. The van der Waals surface area contributed by atoms with E-state index < -0.39 is 0 Å². The summed E-state index contributed by atoms with van der Waals surface area (Å²) < 4.78 is 0. The third kappa shape index (κ3) is 1.90. The fraction of sp³-hybridized carbons (Fsp3) is 0.500. The number of rotatable bonds is 1. The van der Waals surface area contributed by atoms with E-state index >= 15 is 0 Å². The van der Waals surface area contributed by atoms with E-state index in [2.05, 4.69) is 4.90 Å². The molecule has 0 saturated carbocycles. The van der Waals surface area contributed by atoms with Crippen LogP contribution in [-0.2, 0) is 0 Å². The molecule has 1 aliphatic heterocycles. The molecule has 2 rings (SSSR count). The Bertz CT molecular complexity index is 406. The van der Waals surface area contributed by atoms with Crippen LogP contribution in [0.15, 0.2) is 18.2 Å². The van der Waals surface area contributed by atoms with Crippen LogP contribution >= 0.6 is 23.2 Å². The number of hydrogen-bond acceptors (Lipinski definition) is 2. The van der Waals surface area contributed by atoms with Crippen molar-refractivity contribution in [2.75, 3.05) is 11.4 Å². The van der Waals surface area contributed by atoms with E-state index in [1.807, 2.05) is 26.0 Å². The fourth-order valence-corrected chi connectivity index (χ4v) is 2.71. The zero-order valence-electron chi connectivity index (χ0n) is 9.37. The number of anilines is 1. The lowest BCUT2D eigenvalue weighted by molar-refractivity contribution is 0.127. The molecular weight excluding hydrogens is 245 g/mol. The molecule has 1 atom stereocenters. The molecule has 1 aliphatic rings. The zero-order valence-corrected chi connectivity index (χ0v) is 10.9. The van der Waals surface area contributed by atoms with Crippen LogP contribution < -0.4 is 4.90 Å². The van der Waals surface area contributed by atoms with Crippen molar-refractivity contribution in [3.8, 4) is 0 Å². The van der Waals surface area contributed by atoms with Gasteiger partial charge in [-0.3, -0.25) is 0 Å². The van der Waals surface area contributed by atoms with Gasteiger partial charge in [0.2, 0.25) is 0 Å². The summed E-state index contributed by atoms with van der Waals surface area (Å²) in [6.45, 7) is 4.86. The summed E-state index contributed by atoms with van der Waals surface area (Å²) in [4.78, 5) is 2.14. The Kier molecular flexibility index (Phi) is 3.08. The normalized spacial score (nSPS) is 23.8. The highest BCUT2D eigenvalue weighted by Crippen LogP contribution is 2.38. The summed E-state index contributed by atoms with van der Waals surface area (Å²) in [7, 11) is 0. The second kappa shape index (κ2) is 4.10. The molecule has 1 fully saturated rings. The topological polar surface area (TPSA) is 23.5 Å². The smallest absolute Gasteiger partial charge is 0.0783 e. The maximum Gasteiger partial charge on any atom is 0.0783 e. The van der Waals surface area contributed by atoms with Gasteiger partial charge in [-0.1, -0.05) is 23.2 Å². The molecule has 0 bridgehead atoms. The summed E-state index contributed by atoms with van der Waals surface area (Å²) in [5.74, 6) is 0. The summed E-state index contributed by atoms with van der Waals surface area (Å²) in [5.41, 5.74) is 0.657. The number of halogens is 2. The van der Waals surface area contributed by atoms with Crippen LogP contribution in [-0.4, -0.2) is 23.3 Å². The first-order chi connectivity index (χ1) is 7.43. The number of hydrogen-bond donors (Lipinski definition) is 1. The Balaban J connectivity index is 2.38. The van der Waals surface area contributed by atoms with E-state index in [4.69, 9.17) is 23.2 Å². The minimum atomic E-state index is -0.320. The van der Waals surface area contributed by atoms with Crippen LogP contribution in [0.3, 0.4) is 0 Å². The molecule has 1 saturated heterocycles. The predicted octanol–water partition coefficient (Wildman–Crippen LogP) is 3.34. The number of nitrogens with zero attached hydrogens (tertiary/aromatic N) is 1. The van der Waals surface area contributed by atoms with E-state index in [1.54, 1.807) is 6.07 Å². The van der Waals surface area contributed by atoms with Crippen molar-refractivity contribution in [1.82, 2.24) is 0 Å². The molecule has 0 spiro atoms. The van der Waals surface area contributed by atoms with Gasteiger partial charge in [0.25, 0.3) is 0 Å².